The molecular weight excluding hydrogens is 254 g/mol. The van der Waals surface area contributed by atoms with Gasteiger partial charge < -0.3 is 15.2 Å². The second-order valence-electron chi connectivity index (χ2n) is 5.51. The number of anilines is 1. The van der Waals surface area contributed by atoms with Gasteiger partial charge in [-0.15, -0.1) is 0 Å². The molecule has 4 nitrogen and oxygen atoms in total. The van der Waals surface area contributed by atoms with E-state index in [1.165, 1.54) is 19.3 Å². The third kappa shape index (κ3) is 4.15. The zero-order valence-corrected chi connectivity index (χ0v) is 12.0. The van der Waals surface area contributed by atoms with E-state index >= 15 is 0 Å². The Morgan fingerprint density at radius 2 is 2.15 bits per heavy atom. The summed E-state index contributed by atoms with van der Waals surface area (Å²) in [6, 6.07) is 6.89. The van der Waals surface area contributed by atoms with Gasteiger partial charge in [-0.1, -0.05) is 38.2 Å². The average Bonchev–Trinajstić information content (AvgIpc) is 2.48. The Bertz CT molecular complexity index is 441. The number of carboxylic acids is 1. The van der Waals surface area contributed by atoms with E-state index < -0.39 is 12.0 Å². The van der Waals surface area contributed by atoms with Crippen molar-refractivity contribution in [2.45, 2.75) is 44.6 Å². The molecular formula is C16H23NO3. The predicted octanol–water partition coefficient (Wildman–Crippen LogP) is 3.53. The molecule has 1 fully saturated rings. The molecule has 2 N–H and O–H groups in total. The van der Waals surface area contributed by atoms with E-state index in [1.54, 1.807) is 7.11 Å². The molecule has 0 spiro atoms. The summed E-state index contributed by atoms with van der Waals surface area (Å²) in [4.78, 5) is 11.4. The lowest BCUT2D eigenvalue weighted by Gasteiger charge is -2.25. The first kappa shape index (κ1) is 14.7. The number of carboxylic acid groups (broad SMARTS) is 1. The van der Waals surface area contributed by atoms with Gasteiger partial charge in [0.05, 0.1) is 7.11 Å². The summed E-state index contributed by atoms with van der Waals surface area (Å²) in [7, 11) is 1.61. The van der Waals surface area contributed by atoms with Gasteiger partial charge in [-0.05, 0) is 24.5 Å². The van der Waals surface area contributed by atoms with E-state index in [0.717, 1.165) is 24.3 Å². The molecule has 0 heterocycles. The van der Waals surface area contributed by atoms with E-state index in [1.807, 2.05) is 24.3 Å². The van der Waals surface area contributed by atoms with Crippen molar-refractivity contribution >= 4 is 11.7 Å². The fourth-order valence-electron chi connectivity index (χ4n) is 2.89. The summed E-state index contributed by atoms with van der Waals surface area (Å²) < 4.78 is 5.16. The van der Waals surface area contributed by atoms with Crippen molar-refractivity contribution in [1.82, 2.24) is 0 Å². The van der Waals surface area contributed by atoms with Crippen molar-refractivity contribution in [2.75, 3.05) is 12.4 Å². The second-order valence-corrected chi connectivity index (χ2v) is 5.51. The number of hydrogen-bond donors (Lipinski definition) is 2. The Morgan fingerprint density at radius 3 is 2.80 bits per heavy atom. The molecule has 0 aliphatic heterocycles. The number of methoxy groups -OCH3 is 1. The molecule has 0 saturated heterocycles. The van der Waals surface area contributed by atoms with Gasteiger partial charge in [0.25, 0.3) is 0 Å². The maximum atomic E-state index is 11.4. The van der Waals surface area contributed by atoms with Crippen LogP contribution in [0.4, 0.5) is 5.69 Å². The summed E-state index contributed by atoms with van der Waals surface area (Å²) in [6.07, 6.45) is 6.77. The Labute approximate surface area is 120 Å². The average molecular weight is 277 g/mol. The first-order valence-electron chi connectivity index (χ1n) is 7.32. The van der Waals surface area contributed by atoms with Crippen LogP contribution >= 0.6 is 0 Å². The Morgan fingerprint density at radius 1 is 1.40 bits per heavy atom. The Balaban J connectivity index is 1.98. The zero-order valence-electron chi connectivity index (χ0n) is 12.0. The molecule has 0 aromatic heterocycles. The molecule has 1 saturated carbocycles. The molecule has 1 atom stereocenters. The van der Waals surface area contributed by atoms with Crippen LogP contribution in [-0.4, -0.2) is 24.2 Å². The standard InChI is InChI=1S/C16H23NO3/c1-20-14-9-5-8-13(11-14)17-15(16(18)19)10-12-6-3-2-4-7-12/h5,8-9,11-12,15,17H,2-4,6-7,10H2,1H3,(H,18,19). The molecule has 2 rings (SSSR count). The highest BCUT2D eigenvalue weighted by atomic mass is 16.5. The lowest BCUT2D eigenvalue weighted by molar-refractivity contribution is -0.138. The maximum Gasteiger partial charge on any atom is 0.326 e. The van der Waals surface area contributed by atoms with Crippen LogP contribution in [0.25, 0.3) is 0 Å². The second kappa shape index (κ2) is 7.17. The highest BCUT2D eigenvalue weighted by Gasteiger charge is 2.23. The highest BCUT2D eigenvalue weighted by molar-refractivity contribution is 5.77. The lowest BCUT2D eigenvalue weighted by Crippen LogP contribution is -2.32. The van der Waals surface area contributed by atoms with Gasteiger partial charge in [0.2, 0.25) is 0 Å². The smallest absolute Gasteiger partial charge is 0.326 e. The van der Waals surface area contributed by atoms with Gasteiger partial charge in [0.1, 0.15) is 11.8 Å². The van der Waals surface area contributed by atoms with Crippen LogP contribution in [0.1, 0.15) is 38.5 Å². The summed E-state index contributed by atoms with van der Waals surface area (Å²) in [5.41, 5.74) is 0.799. The van der Waals surface area contributed by atoms with Gasteiger partial charge in [0, 0.05) is 11.8 Å². The Hall–Kier alpha value is -1.71. The SMILES string of the molecule is COc1cccc(NC(CC2CCCCC2)C(=O)O)c1. The molecule has 1 aliphatic rings. The van der Waals surface area contributed by atoms with Crippen LogP contribution in [0.15, 0.2) is 24.3 Å². The van der Waals surface area contributed by atoms with Crippen molar-refractivity contribution in [3.8, 4) is 5.75 Å². The number of hydrogen-bond acceptors (Lipinski definition) is 3. The van der Waals surface area contributed by atoms with E-state index in [0.29, 0.717) is 12.3 Å². The normalized spacial score (nSPS) is 17.4. The lowest BCUT2D eigenvalue weighted by atomic mass is 9.85. The summed E-state index contributed by atoms with van der Waals surface area (Å²) >= 11 is 0. The Kier molecular flexibility index (Phi) is 5.27. The van der Waals surface area contributed by atoms with Crippen molar-refractivity contribution in [3.63, 3.8) is 0 Å². The van der Waals surface area contributed by atoms with Crippen LogP contribution in [0.3, 0.4) is 0 Å². The van der Waals surface area contributed by atoms with Gasteiger partial charge in [-0.2, -0.15) is 0 Å². The van der Waals surface area contributed by atoms with Gasteiger partial charge in [-0.3, -0.25) is 0 Å². The van der Waals surface area contributed by atoms with E-state index in [-0.39, 0.29) is 0 Å². The number of benzene rings is 1. The van der Waals surface area contributed by atoms with E-state index in [2.05, 4.69) is 5.32 Å². The molecule has 0 amide bonds. The molecule has 110 valence electrons. The largest absolute Gasteiger partial charge is 0.497 e. The molecule has 1 unspecified atom stereocenters. The van der Waals surface area contributed by atoms with Crippen molar-refractivity contribution in [3.05, 3.63) is 24.3 Å². The van der Waals surface area contributed by atoms with Gasteiger partial charge in [0.15, 0.2) is 0 Å². The molecule has 20 heavy (non-hydrogen) atoms. The minimum absolute atomic E-state index is 0.523. The van der Waals surface area contributed by atoms with Crippen molar-refractivity contribution < 1.29 is 14.6 Å². The zero-order chi connectivity index (χ0) is 14.4. The van der Waals surface area contributed by atoms with Crippen LogP contribution in [-0.2, 0) is 4.79 Å². The third-order valence-electron chi connectivity index (χ3n) is 4.00. The minimum Gasteiger partial charge on any atom is -0.497 e. The topological polar surface area (TPSA) is 58.6 Å². The van der Waals surface area contributed by atoms with Crippen molar-refractivity contribution in [2.24, 2.45) is 5.92 Å². The molecule has 1 aromatic carbocycles. The fourth-order valence-corrected chi connectivity index (χ4v) is 2.89. The first-order chi connectivity index (χ1) is 9.69. The van der Waals surface area contributed by atoms with Gasteiger partial charge >= 0.3 is 5.97 Å². The van der Waals surface area contributed by atoms with E-state index in [4.69, 9.17) is 4.74 Å². The van der Waals surface area contributed by atoms with Crippen LogP contribution < -0.4 is 10.1 Å². The summed E-state index contributed by atoms with van der Waals surface area (Å²) in [5.74, 6) is 0.484. The molecule has 4 heteroatoms. The highest BCUT2D eigenvalue weighted by Crippen LogP contribution is 2.28. The minimum atomic E-state index is -0.779. The quantitative estimate of drug-likeness (QED) is 0.835. The van der Waals surface area contributed by atoms with Crippen LogP contribution in [0, 0.1) is 5.92 Å². The predicted molar refractivity (Wildman–Crippen MR) is 79.2 cm³/mol. The van der Waals surface area contributed by atoms with E-state index in [9.17, 15) is 9.90 Å². The molecule has 0 radical (unpaired) electrons. The number of ether oxygens (including phenoxy) is 1. The monoisotopic (exact) mass is 277 g/mol. The number of aliphatic carboxylic acids is 1. The van der Waals surface area contributed by atoms with Crippen LogP contribution in [0.2, 0.25) is 0 Å². The van der Waals surface area contributed by atoms with Crippen molar-refractivity contribution in [1.29, 1.82) is 0 Å². The third-order valence-corrected chi connectivity index (χ3v) is 4.00. The molecule has 1 aliphatic carbocycles. The number of carbonyl (C=O) groups is 1. The summed E-state index contributed by atoms with van der Waals surface area (Å²) in [5, 5.41) is 12.5. The molecule has 1 aromatic rings. The van der Waals surface area contributed by atoms with Crippen LogP contribution in [0.5, 0.6) is 5.75 Å². The molecule has 0 bridgehead atoms. The maximum absolute atomic E-state index is 11.4. The number of rotatable bonds is 6. The first-order valence-corrected chi connectivity index (χ1v) is 7.32. The summed E-state index contributed by atoms with van der Waals surface area (Å²) in [6.45, 7) is 0. The van der Waals surface area contributed by atoms with Gasteiger partial charge in [-0.25, -0.2) is 4.79 Å². The fraction of sp³-hybridized carbons (Fsp3) is 0.562. The number of nitrogens with one attached hydrogen (secondary N) is 1.